The summed E-state index contributed by atoms with van der Waals surface area (Å²) >= 11 is 0. The van der Waals surface area contributed by atoms with Gasteiger partial charge in [-0.15, -0.1) is 0 Å². The van der Waals surface area contributed by atoms with Gasteiger partial charge in [-0.3, -0.25) is 14.4 Å². The number of carbonyl (C=O) groups is 3. The van der Waals surface area contributed by atoms with Crippen molar-refractivity contribution in [2.75, 3.05) is 26.2 Å². The number of nitrogens with one attached hydrogen (secondary N) is 1. The maximum atomic E-state index is 13.5. The monoisotopic (exact) mass is 513 g/mol. The van der Waals surface area contributed by atoms with Gasteiger partial charge in [0.15, 0.2) is 0 Å². The predicted octanol–water partition coefficient (Wildman–Crippen LogP) is 4.34. The molecule has 0 aromatic heterocycles. The van der Waals surface area contributed by atoms with Crippen LogP contribution in [0.1, 0.15) is 85.1 Å². The molecular formula is C30H47N3O4. The first-order valence-electron chi connectivity index (χ1n) is 14.1. The molecule has 2 aliphatic rings. The number of nitrogens with zero attached hydrogens (tertiary/aromatic N) is 2. The normalized spacial score (nSPS) is 20.4. The van der Waals surface area contributed by atoms with Gasteiger partial charge in [0.1, 0.15) is 23.7 Å². The highest BCUT2D eigenvalue weighted by molar-refractivity contribution is 6.01. The van der Waals surface area contributed by atoms with Crippen molar-refractivity contribution in [3.8, 4) is 0 Å². The zero-order valence-corrected chi connectivity index (χ0v) is 23.6. The molecule has 1 spiro atoms. The first-order valence-corrected chi connectivity index (χ1v) is 14.1. The molecule has 0 bridgehead atoms. The third kappa shape index (κ3) is 8.29. The Balaban J connectivity index is 1.54. The summed E-state index contributed by atoms with van der Waals surface area (Å²) in [7, 11) is 0. The average molecular weight is 514 g/mol. The van der Waals surface area contributed by atoms with Gasteiger partial charge in [0.05, 0.1) is 0 Å². The van der Waals surface area contributed by atoms with Crippen LogP contribution in [0.25, 0.3) is 0 Å². The van der Waals surface area contributed by atoms with Crippen LogP contribution in [0, 0.1) is 5.92 Å². The Morgan fingerprint density at radius 1 is 1.05 bits per heavy atom. The van der Waals surface area contributed by atoms with Crippen LogP contribution in [-0.4, -0.2) is 70.9 Å². The van der Waals surface area contributed by atoms with Crippen LogP contribution in [0.3, 0.4) is 0 Å². The largest absolute Gasteiger partial charge is 0.459 e. The lowest BCUT2D eigenvalue weighted by atomic mass is 9.81. The summed E-state index contributed by atoms with van der Waals surface area (Å²) in [6.07, 6.45) is 7.49. The van der Waals surface area contributed by atoms with Crippen molar-refractivity contribution in [2.45, 2.75) is 103 Å². The molecular weight excluding hydrogens is 466 g/mol. The molecule has 206 valence electrons. The molecule has 0 aliphatic carbocycles. The van der Waals surface area contributed by atoms with Crippen molar-refractivity contribution < 1.29 is 19.1 Å². The van der Waals surface area contributed by atoms with Crippen molar-refractivity contribution in [1.82, 2.24) is 15.1 Å². The molecule has 3 rings (SSSR count). The summed E-state index contributed by atoms with van der Waals surface area (Å²) in [5, 5.41) is 3.00. The minimum Gasteiger partial charge on any atom is -0.459 e. The molecule has 37 heavy (non-hydrogen) atoms. The number of piperidine rings is 1. The van der Waals surface area contributed by atoms with Crippen molar-refractivity contribution >= 4 is 17.8 Å². The van der Waals surface area contributed by atoms with Gasteiger partial charge in [0, 0.05) is 13.1 Å². The molecule has 1 atom stereocenters. The van der Waals surface area contributed by atoms with E-state index in [1.165, 1.54) is 24.8 Å². The second-order valence-corrected chi connectivity index (χ2v) is 12.2. The van der Waals surface area contributed by atoms with Crippen molar-refractivity contribution in [1.29, 1.82) is 0 Å². The van der Waals surface area contributed by atoms with Gasteiger partial charge < -0.3 is 19.9 Å². The molecule has 7 heteroatoms. The Bertz CT molecular complexity index is 901. The van der Waals surface area contributed by atoms with Crippen LogP contribution in [0.2, 0.25) is 0 Å². The molecule has 0 radical (unpaired) electrons. The minimum absolute atomic E-state index is 0.123. The van der Waals surface area contributed by atoms with E-state index in [-0.39, 0.29) is 24.3 Å². The molecule has 0 saturated carbocycles. The molecule has 2 fully saturated rings. The second kappa shape index (κ2) is 12.9. The lowest BCUT2D eigenvalue weighted by Gasteiger charge is -2.51. The Morgan fingerprint density at radius 2 is 1.70 bits per heavy atom. The van der Waals surface area contributed by atoms with Gasteiger partial charge in [-0.2, -0.15) is 0 Å². The lowest BCUT2D eigenvalue weighted by Crippen LogP contribution is -2.73. The van der Waals surface area contributed by atoms with Gasteiger partial charge in [-0.05, 0) is 77.3 Å². The number of esters is 1. The summed E-state index contributed by atoms with van der Waals surface area (Å²) in [6.45, 7) is 11.8. The van der Waals surface area contributed by atoms with E-state index in [1.807, 2.05) is 34.6 Å². The van der Waals surface area contributed by atoms with E-state index in [4.69, 9.17) is 4.74 Å². The topological polar surface area (TPSA) is 79.0 Å². The zero-order valence-electron chi connectivity index (χ0n) is 23.6. The number of hydrogen-bond acceptors (Lipinski definition) is 5. The Labute approximate surface area is 223 Å². The van der Waals surface area contributed by atoms with E-state index in [9.17, 15) is 14.4 Å². The summed E-state index contributed by atoms with van der Waals surface area (Å²) in [6, 6.07) is 10.0. The number of hydrogen-bond donors (Lipinski definition) is 1. The quantitative estimate of drug-likeness (QED) is 0.352. The van der Waals surface area contributed by atoms with Crippen LogP contribution < -0.4 is 5.32 Å². The number of rotatable bonds is 11. The first-order chi connectivity index (χ1) is 17.5. The van der Waals surface area contributed by atoms with Crippen molar-refractivity contribution in [3.05, 3.63) is 35.9 Å². The van der Waals surface area contributed by atoms with Gasteiger partial charge in [-0.1, -0.05) is 57.0 Å². The maximum Gasteiger partial charge on any atom is 0.326 e. The van der Waals surface area contributed by atoms with Gasteiger partial charge in [0.25, 0.3) is 0 Å². The van der Waals surface area contributed by atoms with E-state index < -0.39 is 23.2 Å². The standard InChI is InChI=1S/C30H47N3O4/c1-23(2)21-25-27(35)33(22-26(34)37-29(3,4)5)30(28(36)31-25)16-19-32(20-17-30)18-12-7-6-9-13-24-14-10-8-11-15-24/h8,10-11,14-15,23,25H,6-7,9,12-13,16-22H2,1-5H3,(H,31,36)/t25-/m0/s1. The Hall–Kier alpha value is -2.41. The van der Waals surface area contributed by atoms with Crippen LogP contribution in [-0.2, 0) is 25.5 Å². The summed E-state index contributed by atoms with van der Waals surface area (Å²) in [5.41, 5.74) is -0.225. The highest BCUT2D eigenvalue weighted by Gasteiger charge is 2.54. The number of unbranched alkanes of at least 4 members (excludes halogenated alkanes) is 3. The van der Waals surface area contributed by atoms with Crippen LogP contribution >= 0.6 is 0 Å². The predicted molar refractivity (Wildman–Crippen MR) is 146 cm³/mol. The molecule has 1 N–H and O–H groups in total. The van der Waals surface area contributed by atoms with Gasteiger partial charge in [0.2, 0.25) is 11.8 Å². The highest BCUT2D eigenvalue weighted by Crippen LogP contribution is 2.34. The van der Waals surface area contributed by atoms with Crippen molar-refractivity contribution in [3.63, 3.8) is 0 Å². The smallest absolute Gasteiger partial charge is 0.326 e. The van der Waals surface area contributed by atoms with Gasteiger partial charge >= 0.3 is 5.97 Å². The summed E-state index contributed by atoms with van der Waals surface area (Å²) in [5.74, 6) is -0.495. The number of benzene rings is 1. The van der Waals surface area contributed by atoms with E-state index in [2.05, 4.69) is 40.5 Å². The number of aryl methyl sites for hydroxylation is 1. The maximum absolute atomic E-state index is 13.5. The number of amides is 2. The molecule has 2 aliphatic heterocycles. The Kier molecular flexibility index (Phi) is 10.2. The number of carbonyl (C=O) groups excluding carboxylic acids is 3. The number of likely N-dealkylation sites (tertiary alicyclic amines) is 1. The molecule has 1 aromatic rings. The molecule has 2 heterocycles. The van der Waals surface area contributed by atoms with Crippen LogP contribution in [0.5, 0.6) is 0 Å². The third-order valence-corrected chi connectivity index (χ3v) is 7.44. The first kappa shape index (κ1) is 29.2. The fraction of sp³-hybridized carbons (Fsp3) is 0.700. The number of piperazine rings is 1. The molecule has 1 aromatic carbocycles. The van der Waals surface area contributed by atoms with E-state index in [0.717, 1.165) is 32.5 Å². The van der Waals surface area contributed by atoms with E-state index >= 15 is 0 Å². The summed E-state index contributed by atoms with van der Waals surface area (Å²) < 4.78 is 5.53. The van der Waals surface area contributed by atoms with Gasteiger partial charge in [-0.25, -0.2) is 0 Å². The molecule has 7 nitrogen and oxygen atoms in total. The molecule has 2 amide bonds. The number of ether oxygens (including phenoxy) is 1. The van der Waals surface area contributed by atoms with Crippen LogP contribution in [0.4, 0.5) is 0 Å². The lowest BCUT2D eigenvalue weighted by molar-refractivity contribution is -0.171. The fourth-order valence-corrected chi connectivity index (χ4v) is 5.55. The fourth-order valence-electron chi connectivity index (χ4n) is 5.55. The van der Waals surface area contributed by atoms with E-state index in [0.29, 0.717) is 19.3 Å². The third-order valence-electron chi connectivity index (χ3n) is 7.44. The van der Waals surface area contributed by atoms with E-state index in [1.54, 1.807) is 4.90 Å². The molecule has 0 unspecified atom stereocenters. The second-order valence-electron chi connectivity index (χ2n) is 12.2. The average Bonchev–Trinajstić information content (AvgIpc) is 2.83. The SMILES string of the molecule is CC(C)C[C@@H]1NC(=O)C2(CCN(CCCCCCc3ccccc3)CC2)N(CC(=O)OC(C)(C)C)C1=O. The summed E-state index contributed by atoms with van der Waals surface area (Å²) in [4.78, 5) is 43.7. The minimum atomic E-state index is -0.979. The Morgan fingerprint density at radius 3 is 2.32 bits per heavy atom. The highest BCUT2D eigenvalue weighted by atomic mass is 16.6. The molecule has 2 saturated heterocycles. The van der Waals surface area contributed by atoms with Crippen LogP contribution in [0.15, 0.2) is 30.3 Å². The van der Waals surface area contributed by atoms with Crippen molar-refractivity contribution in [2.24, 2.45) is 5.92 Å². The zero-order chi connectivity index (χ0) is 27.1.